The molecule has 25 heavy (non-hydrogen) atoms. The molecule has 1 aromatic carbocycles. The summed E-state index contributed by atoms with van der Waals surface area (Å²) in [4.78, 5) is 2.49. The number of benzene rings is 1. The average Bonchev–Trinajstić information content (AvgIpc) is 3.30. The molecule has 0 bridgehead atoms. The van der Waals surface area contributed by atoms with Gasteiger partial charge in [-0.05, 0) is 37.2 Å². The van der Waals surface area contributed by atoms with E-state index < -0.39 is 0 Å². The zero-order chi connectivity index (χ0) is 17.2. The SMILES string of the molecule is COc1cccc(C2CCN(Cc3cccc4ccnn34)C2)c1OC. The number of aromatic nitrogens is 2. The van der Waals surface area contributed by atoms with E-state index in [0.29, 0.717) is 5.92 Å². The molecule has 1 saturated heterocycles. The van der Waals surface area contributed by atoms with Gasteiger partial charge in [-0.3, -0.25) is 4.90 Å². The van der Waals surface area contributed by atoms with Gasteiger partial charge in [0.15, 0.2) is 11.5 Å². The number of likely N-dealkylation sites (tertiary alicyclic amines) is 1. The number of hydrogen-bond acceptors (Lipinski definition) is 4. The smallest absolute Gasteiger partial charge is 0.164 e. The topological polar surface area (TPSA) is 39.0 Å². The lowest BCUT2D eigenvalue weighted by molar-refractivity contribution is 0.317. The number of hydrogen-bond donors (Lipinski definition) is 0. The first-order chi connectivity index (χ1) is 12.3. The molecule has 0 saturated carbocycles. The first-order valence-electron chi connectivity index (χ1n) is 8.65. The molecule has 0 radical (unpaired) electrons. The second-order valence-corrected chi connectivity index (χ2v) is 6.49. The van der Waals surface area contributed by atoms with Gasteiger partial charge >= 0.3 is 0 Å². The highest BCUT2D eigenvalue weighted by atomic mass is 16.5. The molecule has 5 nitrogen and oxygen atoms in total. The van der Waals surface area contributed by atoms with Gasteiger partial charge in [0.2, 0.25) is 0 Å². The molecule has 0 N–H and O–H groups in total. The molecule has 0 amide bonds. The summed E-state index contributed by atoms with van der Waals surface area (Å²) in [5, 5.41) is 4.44. The van der Waals surface area contributed by atoms with Gasteiger partial charge < -0.3 is 9.47 Å². The minimum absolute atomic E-state index is 0.460. The van der Waals surface area contributed by atoms with Crippen molar-refractivity contribution in [2.45, 2.75) is 18.9 Å². The van der Waals surface area contributed by atoms with Crippen molar-refractivity contribution in [3.05, 3.63) is 59.9 Å². The molecule has 0 spiro atoms. The minimum Gasteiger partial charge on any atom is -0.493 e. The summed E-state index contributed by atoms with van der Waals surface area (Å²) in [7, 11) is 3.40. The summed E-state index contributed by atoms with van der Waals surface area (Å²) in [5.41, 5.74) is 3.60. The van der Waals surface area contributed by atoms with Crippen molar-refractivity contribution in [1.29, 1.82) is 0 Å². The lowest BCUT2D eigenvalue weighted by Crippen LogP contribution is -2.21. The van der Waals surface area contributed by atoms with Crippen LogP contribution in [-0.4, -0.2) is 41.8 Å². The van der Waals surface area contributed by atoms with Crippen LogP contribution in [0.5, 0.6) is 11.5 Å². The Morgan fingerprint density at radius 1 is 1.08 bits per heavy atom. The standard InChI is InChI=1S/C20H23N3O2/c1-24-19-8-4-7-18(20(19)25-2)15-10-12-22(13-15)14-17-6-3-5-16-9-11-21-23(16)17/h3-9,11,15H,10,12-14H2,1-2H3. The van der Waals surface area contributed by atoms with E-state index in [9.17, 15) is 0 Å². The fraction of sp³-hybridized carbons (Fsp3) is 0.350. The maximum absolute atomic E-state index is 5.62. The van der Waals surface area contributed by atoms with Gasteiger partial charge in [-0.1, -0.05) is 18.2 Å². The van der Waals surface area contributed by atoms with Crippen molar-refractivity contribution in [2.24, 2.45) is 0 Å². The predicted molar refractivity (Wildman–Crippen MR) is 97.4 cm³/mol. The van der Waals surface area contributed by atoms with Crippen LogP contribution in [-0.2, 0) is 6.54 Å². The largest absolute Gasteiger partial charge is 0.493 e. The van der Waals surface area contributed by atoms with E-state index in [-0.39, 0.29) is 0 Å². The molecule has 1 aliphatic rings. The van der Waals surface area contributed by atoms with Crippen molar-refractivity contribution in [3.63, 3.8) is 0 Å². The van der Waals surface area contributed by atoms with Crippen LogP contribution in [0.3, 0.4) is 0 Å². The third-order valence-electron chi connectivity index (χ3n) is 5.03. The summed E-state index contributed by atoms with van der Waals surface area (Å²) < 4.78 is 13.1. The number of ether oxygens (including phenoxy) is 2. The number of nitrogens with zero attached hydrogens (tertiary/aromatic N) is 3. The van der Waals surface area contributed by atoms with Crippen LogP contribution >= 0.6 is 0 Å². The fourth-order valence-electron chi connectivity index (χ4n) is 3.82. The Morgan fingerprint density at radius 2 is 1.96 bits per heavy atom. The van der Waals surface area contributed by atoms with Gasteiger partial charge in [0.05, 0.1) is 25.4 Å². The van der Waals surface area contributed by atoms with Crippen LogP contribution in [0.2, 0.25) is 0 Å². The molecular weight excluding hydrogens is 314 g/mol. The normalized spacial score (nSPS) is 17.9. The average molecular weight is 337 g/mol. The van der Waals surface area contributed by atoms with E-state index >= 15 is 0 Å². The van der Waals surface area contributed by atoms with E-state index in [4.69, 9.17) is 9.47 Å². The Balaban J connectivity index is 1.53. The van der Waals surface area contributed by atoms with Crippen LogP contribution in [0.25, 0.3) is 5.52 Å². The zero-order valence-electron chi connectivity index (χ0n) is 14.7. The first-order valence-corrected chi connectivity index (χ1v) is 8.65. The minimum atomic E-state index is 0.460. The lowest BCUT2D eigenvalue weighted by Gasteiger charge is -2.19. The van der Waals surface area contributed by atoms with E-state index in [0.717, 1.165) is 43.1 Å². The highest BCUT2D eigenvalue weighted by molar-refractivity contribution is 5.49. The number of pyridine rings is 1. The molecule has 1 atom stereocenters. The van der Waals surface area contributed by atoms with Crippen LogP contribution in [0.1, 0.15) is 23.6 Å². The number of methoxy groups -OCH3 is 2. The van der Waals surface area contributed by atoms with Crippen LogP contribution in [0, 0.1) is 0 Å². The van der Waals surface area contributed by atoms with Gasteiger partial charge in [0, 0.05) is 30.8 Å². The number of para-hydroxylation sites is 1. The maximum atomic E-state index is 5.62. The predicted octanol–water partition coefficient (Wildman–Crippen LogP) is 3.34. The fourth-order valence-corrected chi connectivity index (χ4v) is 3.82. The highest BCUT2D eigenvalue weighted by Gasteiger charge is 2.27. The van der Waals surface area contributed by atoms with Gasteiger partial charge in [0.1, 0.15) is 0 Å². The third-order valence-corrected chi connectivity index (χ3v) is 5.03. The monoisotopic (exact) mass is 337 g/mol. The molecule has 0 aliphatic carbocycles. The van der Waals surface area contributed by atoms with Crippen molar-refractivity contribution < 1.29 is 9.47 Å². The Morgan fingerprint density at radius 3 is 2.80 bits per heavy atom. The van der Waals surface area contributed by atoms with Gasteiger partial charge in [-0.25, -0.2) is 4.52 Å². The third kappa shape index (κ3) is 2.96. The molecule has 3 aromatic rings. The van der Waals surface area contributed by atoms with E-state index in [1.165, 1.54) is 11.3 Å². The van der Waals surface area contributed by atoms with Gasteiger partial charge in [0.25, 0.3) is 0 Å². The molecule has 5 heteroatoms. The number of fused-ring (bicyclic) bond motifs is 1. The van der Waals surface area contributed by atoms with Crippen LogP contribution in [0.4, 0.5) is 0 Å². The molecule has 4 rings (SSSR count). The van der Waals surface area contributed by atoms with Gasteiger partial charge in [-0.15, -0.1) is 0 Å². The first kappa shape index (κ1) is 16.0. The molecule has 1 aliphatic heterocycles. The molecule has 3 heterocycles. The lowest BCUT2D eigenvalue weighted by atomic mass is 9.97. The molecule has 2 aromatic heterocycles. The quantitative estimate of drug-likeness (QED) is 0.716. The highest BCUT2D eigenvalue weighted by Crippen LogP contribution is 2.39. The van der Waals surface area contributed by atoms with E-state index in [2.05, 4.69) is 34.3 Å². The molecule has 1 fully saturated rings. The van der Waals surface area contributed by atoms with Gasteiger partial charge in [-0.2, -0.15) is 5.10 Å². The second-order valence-electron chi connectivity index (χ2n) is 6.49. The summed E-state index contributed by atoms with van der Waals surface area (Å²) in [5.74, 6) is 2.13. The Bertz CT molecular complexity index is 874. The summed E-state index contributed by atoms with van der Waals surface area (Å²) in [6, 6.07) is 14.5. The molecule has 130 valence electrons. The van der Waals surface area contributed by atoms with Crippen molar-refractivity contribution >= 4 is 5.52 Å². The second kappa shape index (κ2) is 6.76. The zero-order valence-corrected chi connectivity index (χ0v) is 14.7. The van der Waals surface area contributed by atoms with E-state index in [1.807, 2.05) is 28.9 Å². The van der Waals surface area contributed by atoms with Crippen molar-refractivity contribution in [2.75, 3.05) is 27.3 Å². The summed E-state index contributed by atoms with van der Waals surface area (Å²) >= 11 is 0. The molecule has 1 unspecified atom stereocenters. The van der Waals surface area contributed by atoms with E-state index in [1.54, 1.807) is 14.2 Å². The Labute approximate surface area is 147 Å². The van der Waals surface area contributed by atoms with Crippen LogP contribution < -0.4 is 9.47 Å². The summed E-state index contributed by atoms with van der Waals surface area (Å²) in [6.45, 7) is 2.99. The van der Waals surface area contributed by atoms with Crippen molar-refractivity contribution in [1.82, 2.24) is 14.5 Å². The Hall–Kier alpha value is -2.53. The molecular formula is C20H23N3O2. The van der Waals surface area contributed by atoms with Crippen molar-refractivity contribution in [3.8, 4) is 11.5 Å². The Kier molecular flexibility index (Phi) is 4.32. The maximum Gasteiger partial charge on any atom is 0.164 e. The van der Waals surface area contributed by atoms with Crippen LogP contribution in [0.15, 0.2) is 48.7 Å². The summed E-state index contributed by atoms with van der Waals surface area (Å²) in [6.07, 6.45) is 2.98. The number of rotatable bonds is 5.